The molecule has 0 aliphatic heterocycles. The van der Waals surface area contributed by atoms with Gasteiger partial charge in [0.15, 0.2) is 0 Å². The molecule has 0 aromatic heterocycles. The zero-order chi connectivity index (χ0) is 7.61. The van der Waals surface area contributed by atoms with E-state index in [1.165, 1.54) is 0 Å². The summed E-state index contributed by atoms with van der Waals surface area (Å²) in [5.74, 6) is 0. The zero-order valence-corrected chi connectivity index (χ0v) is 11.4. The van der Waals surface area contributed by atoms with Crippen molar-refractivity contribution in [3.8, 4) is 0 Å². The molecule has 0 saturated heterocycles. The molecule has 0 aliphatic rings. The van der Waals surface area contributed by atoms with Gasteiger partial charge in [0.05, 0.1) is 0 Å². The predicted octanol–water partition coefficient (Wildman–Crippen LogP) is 2.97. The van der Waals surface area contributed by atoms with Crippen LogP contribution in [0.1, 0.15) is 0 Å². The second-order valence-electron chi connectivity index (χ2n) is 1.86. The molecular formula is C6H6Cl4Sn. The van der Waals surface area contributed by atoms with Crippen molar-refractivity contribution in [1.82, 2.24) is 0 Å². The Labute approximate surface area is 87.3 Å². The van der Waals surface area contributed by atoms with E-state index in [1.54, 1.807) is 0 Å². The van der Waals surface area contributed by atoms with Crippen LogP contribution in [-0.2, 0) is 0 Å². The van der Waals surface area contributed by atoms with E-state index in [-0.39, 0.29) is 12.4 Å². The Morgan fingerprint density at radius 2 is 1.36 bits per heavy atom. The van der Waals surface area contributed by atoms with Crippen molar-refractivity contribution >= 4 is 57.7 Å². The van der Waals surface area contributed by atoms with Crippen LogP contribution in [-0.4, -0.2) is 15.0 Å². The molecule has 0 nitrogen and oxygen atoms in total. The molecule has 1 rings (SSSR count). The zero-order valence-electron chi connectivity index (χ0n) is 5.43. The van der Waals surface area contributed by atoms with E-state index in [9.17, 15) is 0 Å². The van der Waals surface area contributed by atoms with Gasteiger partial charge in [0.2, 0.25) is 0 Å². The van der Waals surface area contributed by atoms with Gasteiger partial charge in [-0.25, -0.2) is 0 Å². The van der Waals surface area contributed by atoms with E-state index < -0.39 is 15.0 Å². The van der Waals surface area contributed by atoms with Gasteiger partial charge in [-0.2, -0.15) is 0 Å². The van der Waals surface area contributed by atoms with Crippen molar-refractivity contribution in [2.75, 3.05) is 0 Å². The summed E-state index contributed by atoms with van der Waals surface area (Å²) in [5, 5.41) is 0. The Morgan fingerprint density at radius 3 is 1.64 bits per heavy atom. The molecule has 0 atom stereocenters. The maximum absolute atomic E-state index is 5.80. The van der Waals surface area contributed by atoms with Crippen LogP contribution in [0.5, 0.6) is 0 Å². The van der Waals surface area contributed by atoms with Gasteiger partial charge in [0.25, 0.3) is 0 Å². The number of benzene rings is 1. The molecular weight excluding hydrogens is 333 g/mol. The van der Waals surface area contributed by atoms with Crippen molar-refractivity contribution in [1.29, 1.82) is 0 Å². The summed E-state index contributed by atoms with van der Waals surface area (Å²) in [6.45, 7) is 0. The minimum atomic E-state index is -3.30. The van der Waals surface area contributed by atoms with Crippen molar-refractivity contribution in [2.45, 2.75) is 0 Å². The molecule has 0 N–H and O–H groups in total. The number of halogens is 4. The van der Waals surface area contributed by atoms with E-state index in [0.717, 1.165) is 3.58 Å². The van der Waals surface area contributed by atoms with Crippen molar-refractivity contribution in [3.63, 3.8) is 0 Å². The fourth-order valence-electron chi connectivity index (χ4n) is 0.627. The monoisotopic (exact) mass is 338 g/mol. The molecule has 5 heteroatoms. The van der Waals surface area contributed by atoms with Crippen LogP contribution in [0, 0.1) is 0 Å². The predicted molar refractivity (Wildman–Crippen MR) is 56.6 cm³/mol. The summed E-state index contributed by atoms with van der Waals surface area (Å²) in [7, 11) is 17.4. The third kappa shape index (κ3) is 4.09. The standard InChI is InChI=1S/C6H5.4ClH.Sn/c1-2-4-6-5-3-1;;;;;/h1-5H;4*1H;/q;;;;;+3/p-3. The summed E-state index contributed by atoms with van der Waals surface area (Å²) in [5.41, 5.74) is 0. The molecule has 0 unspecified atom stereocenters. The van der Waals surface area contributed by atoms with E-state index in [1.807, 2.05) is 30.3 Å². The maximum atomic E-state index is 5.80. The molecule has 1 aromatic carbocycles. The summed E-state index contributed by atoms with van der Waals surface area (Å²) in [6, 6.07) is 9.40. The fraction of sp³-hybridized carbons (Fsp3) is 0. The van der Waals surface area contributed by atoms with Crippen LogP contribution in [0.25, 0.3) is 0 Å². The van der Waals surface area contributed by atoms with E-state index >= 15 is 0 Å². The van der Waals surface area contributed by atoms with Crippen LogP contribution < -0.4 is 3.58 Å². The second kappa shape index (κ2) is 5.03. The third-order valence-electron chi connectivity index (χ3n) is 1.10. The van der Waals surface area contributed by atoms with Crippen LogP contribution in [0.2, 0.25) is 0 Å². The van der Waals surface area contributed by atoms with Crippen LogP contribution in [0.15, 0.2) is 30.3 Å². The molecule has 0 radical (unpaired) electrons. The van der Waals surface area contributed by atoms with Crippen LogP contribution >= 0.6 is 39.2 Å². The SMILES string of the molecule is Cl.[Cl][Sn]([Cl])([Cl])[c]1ccccc1. The molecule has 1 aromatic rings. The van der Waals surface area contributed by atoms with E-state index in [2.05, 4.69) is 0 Å². The Balaban J connectivity index is 0.000001000. The molecule has 11 heavy (non-hydrogen) atoms. The third-order valence-corrected chi connectivity index (χ3v) is 8.31. The van der Waals surface area contributed by atoms with E-state index in [4.69, 9.17) is 26.8 Å². The van der Waals surface area contributed by atoms with Gasteiger partial charge in [-0.15, -0.1) is 12.4 Å². The Morgan fingerprint density at radius 1 is 0.909 bits per heavy atom. The quantitative estimate of drug-likeness (QED) is 0.691. The molecule has 0 spiro atoms. The van der Waals surface area contributed by atoms with Crippen molar-refractivity contribution in [2.24, 2.45) is 0 Å². The van der Waals surface area contributed by atoms with Crippen LogP contribution in [0.4, 0.5) is 0 Å². The molecule has 0 fully saturated rings. The molecule has 0 heterocycles. The Kier molecular flexibility index (Phi) is 5.57. The minimum absolute atomic E-state index is 0. The normalized spacial score (nSPS) is 10.5. The Hall–Kier alpha value is 1.18. The Bertz CT molecular complexity index is 206. The average molecular weight is 339 g/mol. The van der Waals surface area contributed by atoms with Gasteiger partial charge < -0.3 is 0 Å². The number of hydrogen-bond donors (Lipinski definition) is 0. The second-order valence-corrected chi connectivity index (χ2v) is 21.7. The van der Waals surface area contributed by atoms with Crippen molar-refractivity contribution < 1.29 is 0 Å². The first-order chi connectivity index (χ1) is 4.61. The van der Waals surface area contributed by atoms with Gasteiger partial charge in [0, 0.05) is 0 Å². The molecule has 0 bridgehead atoms. The number of hydrogen-bond acceptors (Lipinski definition) is 0. The van der Waals surface area contributed by atoms with Crippen molar-refractivity contribution in [3.05, 3.63) is 30.3 Å². The van der Waals surface area contributed by atoms with Gasteiger partial charge in [-0.05, 0) is 0 Å². The molecule has 0 saturated carbocycles. The number of rotatable bonds is 1. The van der Waals surface area contributed by atoms with Gasteiger partial charge in [0.1, 0.15) is 0 Å². The van der Waals surface area contributed by atoms with Crippen LogP contribution in [0.3, 0.4) is 0 Å². The molecule has 0 amide bonds. The van der Waals surface area contributed by atoms with E-state index in [0.29, 0.717) is 0 Å². The molecule has 62 valence electrons. The van der Waals surface area contributed by atoms with Gasteiger partial charge in [-0.3, -0.25) is 0 Å². The molecule has 0 aliphatic carbocycles. The fourth-order valence-corrected chi connectivity index (χ4v) is 4.79. The summed E-state index contributed by atoms with van der Waals surface area (Å²) in [4.78, 5) is 0. The summed E-state index contributed by atoms with van der Waals surface area (Å²) < 4.78 is 0.904. The summed E-state index contributed by atoms with van der Waals surface area (Å²) in [6.07, 6.45) is 0. The summed E-state index contributed by atoms with van der Waals surface area (Å²) >= 11 is -3.30. The first-order valence-corrected chi connectivity index (χ1v) is 15.0. The average Bonchev–Trinajstić information content (AvgIpc) is 1.88. The van der Waals surface area contributed by atoms with Gasteiger partial charge in [-0.1, -0.05) is 0 Å². The topological polar surface area (TPSA) is 0 Å². The first kappa shape index (κ1) is 12.2. The van der Waals surface area contributed by atoms with Gasteiger partial charge >= 0.3 is 75.7 Å². The first-order valence-electron chi connectivity index (χ1n) is 2.73.